The van der Waals surface area contributed by atoms with Gasteiger partial charge in [-0.2, -0.15) is 0 Å². The number of phosphoric acid groups is 1. The van der Waals surface area contributed by atoms with Crippen molar-refractivity contribution in [2.75, 3.05) is 40.9 Å². The third-order valence-electron chi connectivity index (χ3n) is 11.7. The van der Waals surface area contributed by atoms with Gasteiger partial charge >= 0.3 is 0 Å². The average Bonchev–Trinajstić information content (AvgIpc) is 3.20. The molecule has 0 saturated carbocycles. The normalized spacial score (nSPS) is 14.3. The molecule has 0 aromatic carbocycles. The molecule has 0 aliphatic rings. The van der Waals surface area contributed by atoms with E-state index in [1.54, 1.807) is 6.08 Å². The quantitative estimate of drug-likeness (QED) is 0.0273. The van der Waals surface area contributed by atoms with E-state index < -0.39 is 20.0 Å². The third-order valence-corrected chi connectivity index (χ3v) is 12.6. The van der Waals surface area contributed by atoms with Crippen LogP contribution < -0.4 is 10.2 Å². The molecule has 356 valence electrons. The number of aliphatic hydroxyl groups excluding tert-OH is 1. The zero-order valence-corrected chi connectivity index (χ0v) is 41.3. The minimum Gasteiger partial charge on any atom is -0.756 e. The third kappa shape index (κ3) is 45.0. The highest BCUT2D eigenvalue weighted by molar-refractivity contribution is 7.45. The fourth-order valence-electron chi connectivity index (χ4n) is 7.56. The monoisotopic (exact) mass is 869 g/mol. The highest BCUT2D eigenvalue weighted by Crippen LogP contribution is 2.38. The highest BCUT2D eigenvalue weighted by Gasteiger charge is 2.23. The number of hydrogen-bond donors (Lipinski definition) is 2. The van der Waals surface area contributed by atoms with E-state index in [1.807, 2.05) is 27.2 Å². The molecule has 0 radical (unpaired) electrons. The maximum absolute atomic E-state index is 12.9. The number of unbranched alkanes of at least 4 members (excludes halogenated alkanes) is 32. The predicted molar refractivity (Wildman–Crippen MR) is 256 cm³/mol. The van der Waals surface area contributed by atoms with Gasteiger partial charge in [0.15, 0.2) is 0 Å². The lowest BCUT2D eigenvalue weighted by Crippen LogP contribution is -2.45. The number of quaternary nitrogens is 1. The summed E-state index contributed by atoms with van der Waals surface area (Å²) in [5.74, 6) is -0.203. The second-order valence-corrected chi connectivity index (χ2v) is 20.3. The number of likely N-dealkylation sites (N-methyl/N-ethyl adjacent to an activating group) is 1. The Balaban J connectivity index is 4.32. The molecule has 1 amide bonds. The summed E-state index contributed by atoms with van der Waals surface area (Å²) in [4.78, 5) is 25.4. The molecule has 0 heterocycles. The lowest BCUT2D eigenvalue weighted by Gasteiger charge is -2.29. The van der Waals surface area contributed by atoms with Gasteiger partial charge in [0.1, 0.15) is 13.2 Å². The predicted octanol–water partition coefficient (Wildman–Crippen LogP) is 14.2. The second kappa shape index (κ2) is 43.2. The van der Waals surface area contributed by atoms with Crippen molar-refractivity contribution in [2.45, 2.75) is 257 Å². The Morgan fingerprint density at radius 3 is 1.30 bits per heavy atom. The first-order valence-electron chi connectivity index (χ1n) is 25.7. The molecule has 2 N–H and O–H groups in total. The summed E-state index contributed by atoms with van der Waals surface area (Å²) in [6.07, 6.45) is 52.3. The summed E-state index contributed by atoms with van der Waals surface area (Å²) >= 11 is 0. The van der Waals surface area contributed by atoms with Gasteiger partial charge in [0.25, 0.3) is 7.82 Å². The minimum atomic E-state index is -4.59. The zero-order valence-electron chi connectivity index (χ0n) is 40.4. The van der Waals surface area contributed by atoms with Gasteiger partial charge in [-0.1, -0.05) is 218 Å². The summed E-state index contributed by atoms with van der Waals surface area (Å²) in [7, 11) is 1.26. The molecule has 0 aliphatic heterocycles. The van der Waals surface area contributed by atoms with Gasteiger partial charge in [0.2, 0.25) is 5.91 Å². The summed E-state index contributed by atoms with van der Waals surface area (Å²) in [6, 6.07) is -0.888. The summed E-state index contributed by atoms with van der Waals surface area (Å²) in [6.45, 7) is 4.67. The van der Waals surface area contributed by atoms with E-state index >= 15 is 0 Å². The number of phosphoric ester groups is 1. The molecular weight excluding hydrogens is 768 g/mol. The smallest absolute Gasteiger partial charge is 0.268 e. The van der Waals surface area contributed by atoms with Crippen LogP contribution in [-0.4, -0.2) is 68.5 Å². The van der Waals surface area contributed by atoms with Crippen LogP contribution in [0.5, 0.6) is 0 Å². The van der Waals surface area contributed by atoms with Gasteiger partial charge < -0.3 is 28.8 Å². The molecule has 3 atom stereocenters. The van der Waals surface area contributed by atoms with E-state index in [0.717, 1.165) is 51.4 Å². The highest BCUT2D eigenvalue weighted by atomic mass is 31.2. The minimum absolute atomic E-state index is 0.00119. The molecular formula is C51H101N2O6P. The number of nitrogens with one attached hydrogen (secondary N) is 1. The first-order valence-corrected chi connectivity index (χ1v) is 27.2. The lowest BCUT2D eigenvalue weighted by atomic mass is 10.0. The molecule has 0 spiro atoms. The number of carbonyl (C=O) groups excluding carboxylic acids is 1. The number of amides is 1. The van der Waals surface area contributed by atoms with E-state index in [2.05, 4.69) is 31.3 Å². The Morgan fingerprint density at radius 1 is 0.567 bits per heavy atom. The molecule has 0 aliphatic carbocycles. The van der Waals surface area contributed by atoms with E-state index in [9.17, 15) is 19.4 Å². The molecule has 0 bridgehead atoms. The summed E-state index contributed by atoms with van der Waals surface area (Å²) in [5, 5.41) is 13.8. The lowest BCUT2D eigenvalue weighted by molar-refractivity contribution is -0.870. The van der Waals surface area contributed by atoms with Crippen LogP contribution in [0.25, 0.3) is 0 Å². The topological polar surface area (TPSA) is 108 Å². The van der Waals surface area contributed by atoms with Crippen molar-refractivity contribution in [1.82, 2.24) is 5.32 Å². The van der Waals surface area contributed by atoms with Gasteiger partial charge in [-0.15, -0.1) is 0 Å². The second-order valence-electron chi connectivity index (χ2n) is 18.9. The maximum atomic E-state index is 12.9. The largest absolute Gasteiger partial charge is 0.756 e. The number of rotatable bonds is 47. The van der Waals surface area contributed by atoms with Crippen molar-refractivity contribution < 1.29 is 32.9 Å². The van der Waals surface area contributed by atoms with Crippen LogP contribution in [0.1, 0.15) is 245 Å². The Kier molecular flexibility index (Phi) is 42.5. The van der Waals surface area contributed by atoms with E-state index in [-0.39, 0.29) is 19.1 Å². The van der Waals surface area contributed by atoms with Crippen molar-refractivity contribution >= 4 is 13.7 Å². The summed E-state index contributed by atoms with van der Waals surface area (Å²) < 4.78 is 23.3. The van der Waals surface area contributed by atoms with Crippen molar-refractivity contribution in [2.24, 2.45) is 0 Å². The molecule has 8 nitrogen and oxygen atoms in total. The Labute approximate surface area is 373 Å². The molecule has 0 fully saturated rings. The van der Waals surface area contributed by atoms with Crippen LogP contribution >= 0.6 is 7.82 Å². The van der Waals surface area contributed by atoms with Gasteiger partial charge in [0.05, 0.1) is 39.9 Å². The SMILES string of the molecule is CCCCCCCCCCC/C=C\CCCCCCCC(=O)NC(COP(=O)([O-])OCC[N+](C)(C)C)C(O)/C=C/CCCCCCCCCCCCCCCCCCCC. The molecule has 0 saturated heterocycles. The Morgan fingerprint density at radius 2 is 0.917 bits per heavy atom. The fraction of sp³-hybridized carbons (Fsp3) is 0.902. The average molecular weight is 869 g/mol. The van der Waals surface area contributed by atoms with Crippen LogP contribution in [0, 0.1) is 0 Å². The molecule has 60 heavy (non-hydrogen) atoms. The number of aliphatic hydroxyl groups is 1. The fourth-order valence-corrected chi connectivity index (χ4v) is 8.28. The first-order chi connectivity index (χ1) is 29.0. The van der Waals surface area contributed by atoms with Crippen LogP contribution in [0.3, 0.4) is 0 Å². The van der Waals surface area contributed by atoms with E-state index in [0.29, 0.717) is 17.4 Å². The molecule has 9 heteroatoms. The molecule has 3 unspecified atom stereocenters. The number of nitrogens with zero attached hydrogens (tertiary/aromatic N) is 1. The number of allylic oxidation sites excluding steroid dienone is 3. The van der Waals surface area contributed by atoms with Gasteiger partial charge in [-0.05, 0) is 44.9 Å². The number of hydrogen-bond acceptors (Lipinski definition) is 6. The Bertz CT molecular complexity index is 1030. The Hall–Kier alpha value is -1.02. The van der Waals surface area contributed by atoms with Crippen molar-refractivity contribution in [3.63, 3.8) is 0 Å². The van der Waals surface area contributed by atoms with E-state index in [1.165, 1.54) is 173 Å². The number of carbonyl (C=O) groups is 1. The van der Waals surface area contributed by atoms with Crippen LogP contribution in [0.4, 0.5) is 0 Å². The maximum Gasteiger partial charge on any atom is 0.268 e. The van der Waals surface area contributed by atoms with Crippen molar-refractivity contribution in [3.8, 4) is 0 Å². The molecule has 0 rings (SSSR count). The molecule has 0 aromatic heterocycles. The van der Waals surface area contributed by atoms with Crippen LogP contribution in [0.15, 0.2) is 24.3 Å². The zero-order chi connectivity index (χ0) is 44.3. The van der Waals surface area contributed by atoms with Gasteiger partial charge in [-0.3, -0.25) is 9.36 Å². The van der Waals surface area contributed by atoms with Crippen LogP contribution in [-0.2, 0) is 18.4 Å². The van der Waals surface area contributed by atoms with Crippen LogP contribution in [0.2, 0.25) is 0 Å². The van der Waals surface area contributed by atoms with Crippen molar-refractivity contribution in [1.29, 1.82) is 0 Å². The van der Waals surface area contributed by atoms with E-state index in [4.69, 9.17) is 9.05 Å². The standard InChI is InChI=1S/C51H101N2O6P/c1-6-8-10-12-14-16-18-20-22-24-26-27-28-30-32-34-36-38-40-42-44-50(54)49(48-59-60(56,57)58-47-46-53(3,4)5)52-51(55)45-43-41-39-37-35-33-31-29-25-23-21-19-17-15-13-11-9-7-2/h29,31,42,44,49-50,54H,6-28,30,32-41,43,45-48H2,1-5H3,(H-,52,55,56,57)/b31-29-,44-42+. The first kappa shape index (κ1) is 59.0. The van der Waals surface area contributed by atoms with Crippen molar-refractivity contribution in [3.05, 3.63) is 24.3 Å². The van der Waals surface area contributed by atoms with Gasteiger partial charge in [-0.25, -0.2) is 0 Å². The van der Waals surface area contributed by atoms with Gasteiger partial charge in [0, 0.05) is 6.42 Å². The summed E-state index contributed by atoms with van der Waals surface area (Å²) in [5.41, 5.74) is 0. The molecule has 0 aromatic rings.